The molecule has 8 nitrogen and oxygen atoms in total. The number of aromatic nitrogens is 2. The molecule has 1 aromatic heterocycles. The molecule has 0 saturated carbocycles. The molecule has 0 bridgehead atoms. The summed E-state index contributed by atoms with van der Waals surface area (Å²) in [5.41, 5.74) is 4.41. The van der Waals surface area contributed by atoms with Crippen LogP contribution in [0.4, 0.5) is 11.5 Å². The topological polar surface area (TPSA) is 111 Å². The van der Waals surface area contributed by atoms with Gasteiger partial charge in [-0.25, -0.2) is 4.79 Å². The lowest BCUT2D eigenvalue weighted by Gasteiger charge is -2.23. The first-order valence-electron chi connectivity index (χ1n) is 5.47. The lowest BCUT2D eigenvalue weighted by atomic mass is 10.3. The molecule has 8 heteroatoms. The van der Waals surface area contributed by atoms with Crippen LogP contribution in [0.3, 0.4) is 0 Å². The van der Waals surface area contributed by atoms with Gasteiger partial charge >= 0.3 is 11.7 Å². The molecule has 0 unspecified atom stereocenters. The number of aliphatic carboxylic acids is 1. The number of nitrogen functional groups attached to an aromatic ring is 1. The lowest BCUT2D eigenvalue weighted by molar-refractivity contribution is -0.136. The minimum absolute atomic E-state index is 0.0590. The molecule has 1 aromatic rings. The monoisotopic (exact) mass is 268 g/mol. The van der Waals surface area contributed by atoms with Crippen molar-refractivity contribution in [1.29, 1.82) is 0 Å². The van der Waals surface area contributed by atoms with Gasteiger partial charge in [0, 0.05) is 20.6 Å². The SMILES string of the molecule is C=CN(CCC(=O)O)c1c(N)c(=O)n(C)c(=O)n1C. The first-order chi connectivity index (χ1) is 8.81. The predicted octanol–water partition coefficient (Wildman–Crippen LogP) is -0.909. The maximum absolute atomic E-state index is 11.8. The molecule has 0 radical (unpaired) electrons. The number of carbonyl (C=O) groups is 1. The van der Waals surface area contributed by atoms with E-state index in [1.54, 1.807) is 0 Å². The van der Waals surface area contributed by atoms with E-state index >= 15 is 0 Å². The zero-order valence-corrected chi connectivity index (χ0v) is 10.8. The van der Waals surface area contributed by atoms with Crippen molar-refractivity contribution in [2.75, 3.05) is 17.2 Å². The van der Waals surface area contributed by atoms with Gasteiger partial charge in [0.25, 0.3) is 5.56 Å². The number of hydrogen-bond acceptors (Lipinski definition) is 5. The summed E-state index contributed by atoms with van der Waals surface area (Å²) in [6.45, 7) is 3.59. The van der Waals surface area contributed by atoms with Gasteiger partial charge in [-0.3, -0.25) is 18.7 Å². The van der Waals surface area contributed by atoms with Gasteiger partial charge in [-0.05, 0) is 6.20 Å². The second-order valence-electron chi connectivity index (χ2n) is 3.96. The van der Waals surface area contributed by atoms with E-state index in [0.29, 0.717) is 0 Å². The Bertz CT molecular complexity index is 592. The Balaban J connectivity index is 3.40. The molecular formula is C11H16N4O4. The Kier molecular flexibility index (Phi) is 4.15. The number of anilines is 2. The smallest absolute Gasteiger partial charge is 0.332 e. The van der Waals surface area contributed by atoms with Crippen LogP contribution >= 0.6 is 0 Å². The number of carboxylic acid groups (broad SMARTS) is 1. The molecule has 104 valence electrons. The summed E-state index contributed by atoms with van der Waals surface area (Å²) in [6.07, 6.45) is 1.16. The number of nitrogens with zero attached hydrogens (tertiary/aromatic N) is 3. The summed E-state index contributed by atoms with van der Waals surface area (Å²) in [5.74, 6) is -0.858. The number of carboxylic acids is 1. The zero-order chi connectivity index (χ0) is 14.7. The van der Waals surface area contributed by atoms with Crippen LogP contribution in [0, 0.1) is 0 Å². The third-order valence-electron chi connectivity index (χ3n) is 2.73. The molecular weight excluding hydrogens is 252 g/mol. The summed E-state index contributed by atoms with van der Waals surface area (Å²) >= 11 is 0. The van der Waals surface area contributed by atoms with Crippen LogP contribution in [0.2, 0.25) is 0 Å². The van der Waals surface area contributed by atoms with Crippen LogP contribution in [-0.4, -0.2) is 26.8 Å². The Labute approximate surface area is 109 Å². The van der Waals surface area contributed by atoms with E-state index in [4.69, 9.17) is 10.8 Å². The van der Waals surface area contributed by atoms with Gasteiger partial charge in [-0.1, -0.05) is 6.58 Å². The zero-order valence-electron chi connectivity index (χ0n) is 10.8. The Morgan fingerprint density at radius 3 is 2.47 bits per heavy atom. The standard InChI is InChI=1S/C11H16N4O4/c1-4-15(6-5-7(16)17)9-8(12)10(18)14(3)11(19)13(9)2/h4H,1,5-6,12H2,2-3H3,(H,16,17). The van der Waals surface area contributed by atoms with Gasteiger partial charge in [0.1, 0.15) is 11.5 Å². The molecule has 1 rings (SSSR count). The van der Waals surface area contributed by atoms with Crippen molar-refractivity contribution in [2.24, 2.45) is 14.1 Å². The second-order valence-corrected chi connectivity index (χ2v) is 3.96. The third-order valence-corrected chi connectivity index (χ3v) is 2.73. The van der Waals surface area contributed by atoms with E-state index in [2.05, 4.69) is 6.58 Å². The van der Waals surface area contributed by atoms with Crippen LogP contribution in [0.1, 0.15) is 6.42 Å². The van der Waals surface area contributed by atoms with E-state index in [0.717, 1.165) is 4.57 Å². The van der Waals surface area contributed by atoms with Crippen LogP contribution in [-0.2, 0) is 18.9 Å². The summed E-state index contributed by atoms with van der Waals surface area (Å²) in [6, 6.07) is 0. The minimum atomic E-state index is -1.00. The summed E-state index contributed by atoms with van der Waals surface area (Å²) in [4.78, 5) is 35.5. The van der Waals surface area contributed by atoms with Crippen molar-refractivity contribution in [3.05, 3.63) is 33.6 Å². The van der Waals surface area contributed by atoms with E-state index in [1.807, 2.05) is 0 Å². The fourth-order valence-corrected chi connectivity index (χ4v) is 1.71. The van der Waals surface area contributed by atoms with Gasteiger partial charge in [0.2, 0.25) is 0 Å². The van der Waals surface area contributed by atoms with Gasteiger partial charge in [-0.2, -0.15) is 0 Å². The van der Waals surface area contributed by atoms with Gasteiger partial charge in [-0.15, -0.1) is 0 Å². The highest BCUT2D eigenvalue weighted by Gasteiger charge is 2.17. The Morgan fingerprint density at radius 1 is 1.42 bits per heavy atom. The van der Waals surface area contributed by atoms with Crippen molar-refractivity contribution < 1.29 is 9.90 Å². The highest BCUT2D eigenvalue weighted by molar-refractivity contribution is 5.69. The van der Waals surface area contributed by atoms with Gasteiger partial charge in [0.15, 0.2) is 0 Å². The molecule has 19 heavy (non-hydrogen) atoms. The molecule has 0 aromatic carbocycles. The molecule has 3 N–H and O–H groups in total. The minimum Gasteiger partial charge on any atom is -0.481 e. The molecule has 0 fully saturated rings. The van der Waals surface area contributed by atoms with Crippen LogP contribution in [0.5, 0.6) is 0 Å². The van der Waals surface area contributed by atoms with Crippen LogP contribution < -0.4 is 21.9 Å². The molecule has 0 atom stereocenters. The van der Waals surface area contributed by atoms with E-state index in [9.17, 15) is 14.4 Å². The van der Waals surface area contributed by atoms with Crippen molar-refractivity contribution in [3.8, 4) is 0 Å². The average molecular weight is 268 g/mol. The second kappa shape index (κ2) is 5.42. The maximum atomic E-state index is 11.8. The Hall–Kier alpha value is -2.51. The summed E-state index contributed by atoms with van der Waals surface area (Å²) < 4.78 is 2.07. The van der Waals surface area contributed by atoms with E-state index < -0.39 is 17.2 Å². The molecule has 0 spiro atoms. The molecule has 0 aliphatic heterocycles. The lowest BCUT2D eigenvalue weighted by Crippen LogP contribution is -2.41. The van der Waals surface area contributed by atoms with E-state index in [1.165, 1.54) is 29.8 Å². The highest BCUT2D eigenvalue weighted by atomic mass is 16.4. The third kappa shape index (κ3) is 2.67. The van der Waals surface area contributed by atoms with Crippen molar-refractivity contribution in [1.82, 2.24) is 9.13 Å². The average Bonchev–Trinajstić information content (AvgIpc) is 2.37. The van der Waals surface area contributed by atoms with Crippen molar-refractivity contribution in [2.45, 2.75) is 6.42 Å². The number of rotatable bonds is 5. The largest absolute Gasteiger partial charge is 0.481 e. The Morgan fingerprint density at radius 2 is 2.00 bits per heavy atom. The maximum Gasteiger partial charge on any atom is 0.332 e. The van der Waals surface area contributed by atoms with Crippen molar-refractivity contribution in [3.63, 3.8) is 0 Å². The van der Waals surface area contributed by atoms with Gasteiger partial charge in [0.05, 0.1) is 6.42 Å². The first kappa shape index (κ1) is 14.6. The molecule has 0 saturated heterocycles. The normalized spacial score (nSPS) is 10.2. The van der Waals surface area contributed by atoms with Crippen LogP contribution in [0.25, 0.3) is 0 Å². The van der Waals surface area contributed by atoms with E-state index in [-0.39, 0.29) is 24.5 Å². The van der Waals surface area contributed by atoms with Crippen molar-refractivity contribution >= 4 is 17.5 Å². The summed E-state index contributed by atoms with van der Waals surface area (Å²) in [5, 5.41) is 8.67. The number of nitrogens with two attached hydrogens (primary N) is 1. The number of hydrogen-bond donors (Lipinski definition) is 2. The molecule has 0 amide bonds. The van der Waals surface area contributed by atoms with Gasteiger partial charge < -0.3 is 15.7 Å². The first-order valence-corrected chi connectivity index (χ1v) is 5.47. The molecule has 0 aliphatic carbocycles. The highest BCUT2D eigenvalue weighted by Crippen LogP contribution is 2.17. The fraction of sp³-hybridized carbons (Fsp3) is 0.364. The molecule has 1 heterocycles. The quantitative estimate of drug-likeness (QED) is 0.715. The predicted molar refractivity (Wildman–Crippen MR) is 71.1 cm³/mol. The van der Waals surface area contributed by atoms with Crippen LogP contribution in [0.15, 0.2) is 22.4 Å². The summed E-state index contributed by atoms with van der Waals surface area (Å²) in [7, 11) is 2.77. The molecule has 0 aliphatic rings. The fourth-order valence-electron chi connectivity index (χ4n) is 1.71.